The van der Waals surface area contributed by atoms with Gasteiger partial charge in [-0.05, 0) is 30.2 Å². The van der Waals surface area contributed by atoms with Crippen molar-refractivity contribution in [2.24, 2.45) is 0 Å². The minimum absolute atomic E-state index is 0.179. The quantitative estimate of drug-likeness (QED) is 0.835. The van der Waals surface area contributed by atoms with E-state index >= 15 is 0 Å². The molecule has 1 N–H and O–H groups in total. The molecular formula is C20H23N3O4. The maximum Gasteiger partial charge on any atom is 0.272 e. The van der Waals surface area contributed by atoms with Gasteiger partial charge in [0, 0.05) is 19.6 Å². The highest BCUT2D eigenvalue weighted by atomic mass is 16.5. The second-order valence-corrected chi connectivity index (χ2v) is 6.13. The molecule has 0 unspecified atom stereocenters. The van der Waals surface area contributed by atoms with Crippen molar-refractivity contribution in [2.75, 3.05) is 40.0 Å². The molecule has 0 aliphatic carbocycles. The third-order valence-corrected chi connectivity index (χ3v) is 4.37. The molecule has 7 heteroatoms. The molecule has 0 spiro atoms. The fourth-order valence-corrected chi connectivity index (χ4v) is 2.92. The minimum Gasteiger partial charge on any atom is -0.496 e. The summed E-state index contributed by atoms with van der Waals surface area (Å²) in [6, 6.07) is 12.6. The number of hydrogen-bond donors (Lipinski definition) is 1. The third-order valence-electron chi connectivity index (χ3n) is 4.37. The number of carbonyl (C=O) groups is 2. The molecule has 3 rings (SSSR count). The molecule has 1 fully saturated rings. The monoisotopic (exact) mass is 369 g/mol. The molecule has 1 aromatic heterocycles. The van der Waals surface area contributed by atoms with Crippen LogP contribution in [0, 0.1) is 0 Å². The first kappa shape index (κ1) is 18.8. The summed E-state index contributed by atoms with van der Waals surface area (Å²) in [4.78, 5) is 30.8. The fourth-order valence-electron chi connectivity index (χ4n) is 2.92. The van der Waals surface area contributed by atoms with Crippen LogP contribution in [0.25, 0.3) is 0 Å². The Morgan fingerprint density at radius 2 is 1.85 bits per heavy atom. The molecule has 0 atom stereocenters. The van der Waals surface area contributed by atoms with E-state index in [0.29, 0.717) is 39.3 Å². The summed E-state index contributed by atoms with van der Waals surface area (Å²) in [5.41, 5.74) is 1.52. The number of ether oxygens (including phenoxy) is 2. The van der Waals surface area contributed by atoms with Crippen LogP contribution in [0.15, 0.2) is 42.5 Å². The van der Waals surface area contributed by atoms with Gasteiger partial charge in [0.05, 0.1) is 20.3 Å². The second-order valence-electron chi connectivity index (χ2n) is 6.13. The van der Waals surface area contributed by atoms with E-state index in [2.05, 4.69) is 10.3 Å². The van der Waals surface area contributed by atoms with Gasteiger partial charge >= 0.3 is 0 Å². The van der Waals surface area contributed by atoms with Crippen LogP contribution in [0.4, 0.5) is 0 Å². The number of nitrogens with one attached hydrogen (secondary N) is 1. The van der Waals surface area contributed by atoms with E-state index in [4.69, 9.17) is 9.47 Å². The number of aromatic nitrogens is 1. The van der Waals surface area contributed by atoms with Crippen LogP contribution in [-0.2, 0) is 11.2 Å². The highest BCUT2D eigenvalue weighted by Gasteiger charge is 2.20. The van der Waals surface area contributed by atoms with Crippen molar-refractivity contribution >= 4 is 11.8 Å². The lowest BCUT2D eigenvalue weighted by Crippen LogP contribution is -2.41. The Morgan fingerprint density at radius 1 is 1.11 bits per heavy atom. The summed E-state index contributed by atoms with van der Waals surface area (Å²) >= 11 is 0. The van der Waals surface area contributed by atoms with Gasteiger partial charge in [0.1, 0.15) is 17.1 Å². The number of morpholine rings is 1. The van der Waals surface area contributed by atoms with Gasteiger partial charge in [0.15, 0.2) is 0 Å². The maximum atomic E-state index is 12.5. The third kappa shape index (κ3) is 4.83. The van der Waals surface area contributed by atoms with E-state index in [9.17, 15) is 9.59 Å². The lowest BCUT2D eigenvalue weighted by molar-refractivity contribution is 0.0299. The van der Waals surface area contributed by atoms with Gasteiger partial charge in [-0.3, -0.25) is 9.59 Å². The van der Waals surface area contributed by atoms with E-state index in [1.54, 1.807) is 30.2 Å². The number of carbonyl (C=O) groups excluding carboxylic acids is 2. The number of para-hydroxylation sites is 1. The van der Waals surface area contributed by atoms with E-state index < -0.39 is 0 Å². The molecule has 0 radical (unpaired) electrons. The van der Waals surface area contributed by atoms with Gasteiger partial charge < -0.3 is 19.7 Å². The Balaban J connectivity index is 1.59. The molecule has 0 saturated carbocycles. The number of benzene rings is 1. The lowest BCUT2D eigenvalue weighted by atomic mass is 10.1. The Hall–Kier alpha value is -2.93. The topological polar surface area (TPSA) is 80.8 Å². The second kappa shape index (κ2) is 9.14. The highest BCUT2D eigenvalue weighted by Crippen LogP contribution is 2.17. The Kier molecular flexibility index (Phi) is 6.38. The number of pyridine rings is 1. The summed E-state index contributed by atoms with van der Waals surface area (Å²) in [6.45, 7) is 2.57. The van der Waals surface area contributed by atoms with Gasteiger partial charge in [0.2, 0.25) is 0 Å². The number of hydrogen-bond acceptors (Lipinski definition) is 5. The van der Waals surface area contributed by atoms with E-state index in [0.717, 1.165) is 11.3 Å². The van der Waals surface area contributed by atoms with Gasteiger partial charge in [-0.1, -0.05) is 24.3 Å². The molecular weight excluding hydrogens is 346 g/mol. The van der Waals surface area contributed by atoms with Crippen molar-refractivity contribution in [3.05, 3.63) is 59.4 Å². The molecule has 2 amide bonds. The Morgan fingerprint density at radius 3 is 2.63 bits per heavy atom. The molecule has 1 aliphatic rings. The van der Waals surface area contributed by atoms with Gasteiger partial charge in [-0.25, -0.2) is 4.98 Å². The van der Waals surface area contributed by atoms with Crippen molar-refractivity contribution in [3.8, 4) is 5.75 Å². The fraction of sp³-hybridized carbons (Fsp3) is 0.350. The zero-order valence-corrected chi connectivity index (χ0v) is 15.3. The number of amides is 2. The van der Waals surface area contributed by atoms with Crippen LogP contribution >= 0.6 is 0 Å². The Bertz CT molecular complexity index is 803. The summed E-state index contributed by atoms with van der Waals surface area (Å²) in [6.07, 6.45) is 0.641. The number of methoxy groups -OCH3 is 1. The van der Waals surface area contributed by atoms with E-state index in [-0.39, 0.29) is 23.2 Å². The van der Waals surface area contributed by atoms with Gasteiger partial charge in [-0.2, -0.15) is 0 Å². The molecule has 27 heavy (non-hydrogen) atoms. The van der Waals surface area contributed by atoms with Crippen molar-refractivity contribution < 1.29 is 19.1 Å². The van der Waals surface area contributed by atoms with Crippen LogP contribution in [0.5, 0.6) is 5.75 Å². The lowest BCUT2D eigenvalue weighted by Gasteiger charge is -2.26. The first-order valence-corrected chi connectivity index (χ1v) is 8.93. The molecule has 2 aromatic rings. The summed E-state index contributed by atoms with van der Waals surface area (Å²) in [7, 11) is 1.62. The number of rotatable bonds is 6. The molecule has 0 bridgehead atoms. The van der Waals surface area contributed by atoms with Crippen LogP contribution in [0.2, 0.25) is 0 Å². The smallest absolute Gasteiger partial charge is 0.272 e. The predicted molar refractivity (Wildman–Crippen MR) is 100.0 cm³/mol. The molecule has 7 nitrogen and oxygen atoms in total. The van der Waals surface area contributed by atoms with Crippen LogP contribution in [0.3, 0.4) is 0 Å². The molecule has 2 heterocycles. The van der Waals surface area contributed by atoms with Crippen LogP contribution < -0.4 is 10.1 Å². The summed E-state index contributed by atoms with van der Waals surface area (Å²) < 4.78 is 10.6. The molecule has 142 valence electrons. The largest absolute Gasteiger partial charge is 0.496 e. The van der Waals surface area contributed by atoms with Gasteiger partial charge in [0.25, 0.3) is 11.8 Å². The van der Waals surface area contributed by atoms with Crippen LogP contribution in [0.1, 0.15) is 26.5 Å². The first-order valence-electron chi connectivity index (χ1n) is 8.93. The average Bonchev–Trinajstić information content (AvgIpc) is 2.74. The molecule has 1 saturated heterocycles. The minimum atomic E-state index is -0.304. The van der Waals surface area contributed by atoms with E-state index in [1.165, 1.54) is 0 Å². The SMILES string of the molecule is COc1ccccc1CCNC(=O)c1cccc(C(=O)N2CCOCC2)n1. The zero-order chi connectivity index (χ0) is 19.1. The number of nitrogens with zero attached hydrogens (tertiary/aromatic N) is 2. The summed E-state index contributed by atoms with van der Waals surface area (Å²) in [5.74, 6) is 0.312. The highest BCUT2D eigenvalue weighted by molar-refractivity contribution is 5.96. The summed E-state index contributed by atoms with van der Waals surface area (Å²) in [5, 5.41) is 2.84. The van der Waals surface area contributed by atoms with Crippen molar-refractivity contribution in [1.29, 1.82) is 0 Å². The van der Waals surface area contributed by atoms with Crippen molar-refractivity contribution in [3.63, 3.8) is 0 Å². The standard InChI is InChI=1S/C20H23N3O4/c1-26-18-8-3-2-5-15(18)9-10-21-19(24)16-6-4-7-17(22-16)20(25)23-11-13-27-14-12-23/h2-8H,9-14H2,1H3,(H,21,24). The van der Waals surface area contributed by atoms with E-state index in [1.807, 2.05) is 24.3 Å². The average molecular weight is 369 g/mol. The predicted octanol–water partition coefficient (Wildman–Crippen LogP) is 1.54. The van der Waals surface area contributed by atoms with Crippen molar-refractivity contribution in [2.45, 2.75) is 6.42 Å². The van der Waals surface area contributed by atoms with Crippen molar-refractivity contribution in [1.82, 2.24) is 15.2 Å². The zero-order valence-electron chi connectivity index (χ0n) is 15.3. The van der Waals surface area contributed by atoms with Gasteiger partial charge in [-0.15, -0.1) is 0 Å². The van der Waals surface area contributed by atoms with Crippen LogP contribution in [-0.4, -0.2) is 61.7 Å². The Labute approximate surface area is 158 Å². The molecule has 1 aliphatic heterocycles. The normalized spacial score (nSPS) is 13.9. The first-order chi connectivity index (χ1) is 13.2. The maximum absolute atomic E-state index is 12.5. The molecule has 1 aromatic carbocycles.